The molecule has 1 aromatic carbocycles. The summed E-state index contributed by atoms with van der Waals surface area (Å²) in [4.78, 5) is 25.8. The van der Waals surface area contributed by atoms with Gasteiger partial charge >= 0.3 is 5.97 Å². The van der Waals surface area contributed by atoms with E-state index in [1.807, 2.05) is 0 Å². The third-order valence-electron chi connectivity index (χ3n) is 9.96. The van der Waals surface area contributed by atoms with Gasteiger partial charge in [-0.1, -0.05) is 27.7 Å². The van der Waals surface area contributed by atoms with Crippen molar-refractivity contribution in [3.8, 4) is 11.5 Å². The average Bonchev–Trinajstić information content (AvgIpc) is 3.32. The second-order valence-electron chi connectivity index (χ2n) is 11.7. The van der Waals surface area contributed by atoms with Gasteiger partial charge in [0.15, 0.2) is 6.04 Å². The summed E-state index contributed by atoms with van der Waals surface area (Å²) in [6.45, 7) is 8.04. The maximum absolute atomic E-state index is 13.1. The number of rotatable bonds is 3. The summed E-state index contributed by atoms with van der Waals surface area (Å²) in [5, 5.41) is 40.9. The van der Waals surface area contributed by atoms with Crippen LogP contribution >= 0.6 is 0 Å². The van der Waals surface area contributed by atoms with Gasteiger partial charge in [-0.25, -0.2) is 4.79 Å². The molecule has 2 heterocycles. The fourth-order valence-corrected chi connectivity index (χ4v) is 7.85. The molecule has 4 N–H and O–H groups in total. The van der Waals surface area contributed by atoms with Crippen molar-refractivity contribution in [2.75, 3.05) is 6.61 Å². The zero-order valence-electron chi connectivity index (χ0n) is 20.3. The van der Waals surface area contributed by atoms with Crippen molar-refractivity contribution in [1.82, 2.24) is 4.90 Å². The van der Waals surface area contributed by atoms with Gasteiger partial charge in [-0.3, -0.25) is 4.79 Å². The number of carboxylic acids is 1. The molecule has 5 rings (SSSR count). The molecule has 8 nitrogen and oxygen atoms in total. The van der Waals surface area contributed by atoms with Crippen LogP contribution in [0.3, 0.4) is 0 Å². The van der Waals surface area contributed by atoms with E-state index >= 15 is 0 Å². The van der Waals surface area contributed by atoms with E-state index in [4.69, 9.17) is 4.74 Å². The summed E-state index contributed by atoms with van der Waals surface area (Å²) in [7, 11) is 0. The minimum atomic E-state index is -1.36. The fourth-order valence-electron chi connectivity index (χ4n) is 7.85. The van der Waals surface area contributed by atoms with Gasteiger partial charge in [0.2, 0.25) is 0 Å². The molecule has 1 spiro atoms. The van der Waals surface area contributed by atoms with Crippen LogP contribution < -0.4 is 4.74 Å². The topological polar surface area (TPSA) is 128 Å². The maximum atomic E-state index is 13.1. The molecule has 1 amide bonds. The molecule has 1 aromatic rings. The van der Waals surface area contributed by atoms with Crippen molar-refractivity contribution in [2.24, 2.45) is 22.7 Å². The van der Waals surface area contributed by atoms with E-state index < -0.39 is 30.1 Å². The standard InChI is InChI=1S/C26H35NO7/c1-13-5-6-19-24(2,3)20(30)7-8-25(19,4)26(13)10-15-18(29)9-14-16(21(15)34-26)11-27(22(14)31)17(12-28)23(32)33/h9,13,17,19-20,28-30H,5-8,10-12H2,1-4H3,(H,32,33)/t13-,17-,19+,20+,25-,26-/m0/s1. The molecule has 0 unspecified atom stereocenters. The smallest absolute Gasteiger partial charge is 0.328 e. The molecule has 6 atom stereocenters. The van der Waals surface area contributed by atoms with E-state index in [1.54, 1.807) is 0 Å². The quantitative estimate of drug-likeness (QED) is 0.531. The summed E-state index contributed by atoms with van der Waals surface area (Å²) in [5.74, 6) is -0.897. The minimum absolute atomic E-state index is 0.00951. The third-order valence-corrected chi connectivity index (χ3v) is 9.96. The molecule has 186 valence electrons. The number of aliphatic carboxylic acids is 1. The predicted molar refractivity (Wildman–Crippen MR) is 123 cm³/mol. The van der Waals surface area contributed by atoms with Crippen LogP contribution in [0, 0.1) is 22.7 Å². The molecule has 0 bridgehead atoms. The molecule has 4 aliphatic rings. The highest BCUT2D eigenvalue weighted by atomic mass is 16.5. The van der Waals surface area contributed by atoms with Gasteiger partial charge in [0.1, 0.15) is 17.1 Å². The van der Waals surface area contributed by atoms with Gasteiger partial charge in [0, 0.05) is 23.0 Å². The Labute approximate surface area is 199 Å². The summed E-state index contributed by atoms with van der Waals surface area (Å²) < 4.78 is 6.91. The number of carbonyl (C=O) groups is 2. The Morgan fingerprint density at radius 1 is 1.24 bits per heavy atom. The van der Waals surface area contributed by atoms with Crippen LogP contribution in [0.4, 0.5) is 0 Å². The number of aliphatic hydroxyl groups excluding tert-OH is 2. The number of carbonyl (C=O) groups excluding carboxylic acids is 1. The fraction of sp³-hybridized carbons (Fsp3) is 0.692. The monoisotopic (exact) mass is 473 g/mol. The third kappa shape index (κ3) is 2.78. The molecular formula is C26H35NO7. The molecule has 2 fully saturated rings. The largest absolute Gasteiger partial charge is 0.508 e. The van der Waals surface area contributed by atoms with Crippen LogP contribution in [-0.2, 0) is 17.8 Å². The molecule has 34 heavy (non-hydrogen) atoms. The summed E-state index contributed by atoms with van der Waals surface area (Å²) in [5.41, 5.74) is 0.372. The van der Waals surface area contributed by atoms with Gasteiger partial charge in [0.25, 0.3) is 5.91 Å². The predicted octanol–water partition coefficient (Wildman–Crippen LogP) is 2.70. The number of aromatic hydroxyl groups is 1. The highest BCUT2D eigenvalue weighted by molar-refractivity contribution is 6.02. The summed E-state index contributed by atoms with van der Waals surface area (Å²) in [6, 6.07) is 0.0704. The van der Waals surface area contributed by atoms with Crippen LogP contribution in [0.15, 0.2) is 6.07 Å². The van der Waals surface area contributed by atoms with Gasteiger partial charge < -0.3 is 30.1 Å². The van der Waals surface area contributed by atoms with Crippen LogP contribution in [0.25, 0.3) is 0 Å². The number of hydrogen-bond donors (Lipinski definition) is 4. The first-order valence-corrected chi connectivity index (χ1v) is 12.3. The number of carboxylic acid groups (broad SMARTS) is 1. The lowest BCUT2D eigenvalue weighted by Gasteiger charge is -2.64. The van der Waals surface area contributed by atoms with E-state index in [-0.39, 0.29) is 46.6 Å². The lowest BCUT2D eigenvalue weighted by Crippen LogP contribution is -2.66. The average molecular weight is 474 g/mol. The minimum Gasteiger partial charge on any atom is -0.508 e. The number of fused-ring (bicyclic) bond motifs is 5. The molecule has 8 heteroatoms. The second kappa shape index (κ2) is 7.34. The molecule has 2 aliphatic heterocycles. The van der Waals surface area contributed by atoms with Gasteiger partial charge in [-0.2, -0.15) is 0 Å². The van der Waals surface area contributed by atoms with E-state index in [0.717, 1.165) is 24.2 Å². The first-order valence-electron chi connectivity index (χ1n) is 12.3. The maximum Gasteiger partial charge on any atom is 0.328 e. The molecule has 0 aromatic heterocycles. The van der Waals surface area contributed by atoms with Crippen molar-refractivity contribution in [3.63, 3.8) is 0 Å². The Balaban J connectivity index is 1.59. The van der Waals surface area contributed by atoms with E-state index in [1.165, 1.54) is 6.07 Å². The Morgan fingerprint density at radius 2 is 1.94 bits per heavy atom. The normalized spacial score (nSPS) is 36.6. The molecule has 0 radical (unpaired) electrons. The number of aliphatic hydroxyl groups is 2. The van der Waals surface area contributed by atoms with Crippen molar-refractivity contribution < 1.29 is 34.8 Å². The van der Waals surface area contributed by atoms with Crippen LogP contribution in [0.1, 0.15) is 74.9 Å². The van der Waals surface area contributed by atoms with Crippen molar-refractivity contribution in [1.29, 1.82) is 0 Å². The number of benzene rings is 1. The first kappa shape index (κ1) is 23.4. The molecule has 0 saturated heterocycles. The molecular weight excluding hydrogens is 438 g/mol. The summed E-state index contributed by atoms with van der Waals surface area (Å²) >= 11 is 0. The van der Waals surface area contributed by atoms with E-state index in [2.05, 4.69) is 27.7 Å². The van der Waals surface area contributed by atoms with Crippen molar-refractivity contribution in [3.05, 3.63) is 22.8 Å². The second-order valence-corrected chi connectivity index (χ2v) is 11.7. The number of hydrogen-bond acceptors (Lipinski definition) is 6. The van der Waals surface area contributed by atoms with E-state index in [0.29, 0.717) is 29.7 Å². The molecule has 2 aliphatic carbocycles. The Morgan fingerprint density at radius 3 is 2.59 bits per heavy atom. The van der Waals surface area contributed by atoms with E-state index in [9.17, 15) is 30.0 Å². The number of phenols is 1. The highest BCUT2D eigenvalue weighted by Crippen LogP contribution is 2.67. The van der Waals surface area contributed by atoms with Crippen molar-refractivity contribution in [2.45, 2.75) is 84.1 Å². The first-order chi connectivity index (χ1) is 15.9. The van der Waals surface area contributed by atoms with Crippen molar-refractivity contribution >= 4 is 11.9 Å². The van der Waals surface area contributed by atoms with Gasteiger partial charge in [-0.05, 0) is 49.0 Å². The van der Waals surface area contributed by atoms with Gasteiger partial charge in [-0.15, -0.1) is 0 Å². The van der Waals surface area contributed by atoms with Gasteiger partial charge in [0.05, 0.1) is 24.8 Å². The SMILES string of the molecule is C[C@H]1CC[C@@H]2C(C)(C)[C@H](O)CC[C@]2(C)[C@]12Cc1c(O)cc3c(c1O2)CN([C@@H](CO)C(=O)O)C3=O. The number of nitrogens with zero attached hydrogens (tertiary/aromatic N) is 1. The molecule has 2 saturated carbocycles. The summed E-state index contributed by atoms with van der Waals surface area (Å²) in [6.07, 6.45) is 3.55. The number of phenolic OH excluding ortho intramolecular Hbond substituents is 1. The van der Waals surface area contributed by atoms with Crippen LogP contribution in [0.5, 0.6) is 11.5 Å². The lowest BCUT2D eigenvalue weighted by molar-refractivity contribution is -0.210. The number of amides is 1. The Hall–Kier alpha value is -2.32. The van der Waals surface area contributed by atoms with Crippen LogP contribution in [0.2, 0.25) is 0 Å². The lowest BCUT2D eigenvalue weighted by atomic mass is 9.43. The number of ether oxygens (including phenoxy) is 1. The zero-order valence-corrected chi connectivity index (χ0v) is 20.3. The Kier molecular flexibility index (Phi) is 5.06. The zero-order chi connectivity index (χ0) is 24.8. The van der Waals surface area contributed by atoms with Crippen LogP contribution in [-0.4, -0.2) is 61.6 Å². The Bertz CT molecular complexity index is 1070. The highest BCUT2D eigenvalue weighted by Gasteiger charge is 2.67.